The minimum absolute atomic E-state index is 0.143. The number of piperazine rings is 1. The number of ether oxygens (including phenoxy) is 1. The number of aryl methyl sites for hydroxylation is 1. The third kappa shape index (κ3) is 8.26. The summed E-state index contributed by atoms with van der Waals surface area (Å²) in [7, 11) is 3.25. The molecule has 1 amide bonds. The molecule has 1 aromatic rings. The van der Waals surface area contributed by atoms with Crippen molar-refractivity contribution in [2.45, 2.75) is 51.1 Å². The summed E-state index contributed by atoms with van der Waals surface area (Å²) in [6, 6.07) is 4.01. The fraction of sp³-hybridized carbons (Fsp3) is 0.692. The zero-order valence-corrected chi connectivity index (χ0v) is 22.9. The van der Waals surface area contributed by atoms with Gasteiger partial charge >= 0.3 is 0 Å². The van der Waals surface area contributed by atoms with Crippen LogP contribution >= 0.6 is 11.9 Å². The van der Waals surface area contributed by atoms with E-state index in [2.05, 4.69) is 37.7 Å². The van der Waals surface area contributed by atoms with Crippen LogP contribution < -0.4 is 26.0 Å². The smallest absolute Gasteiger partial charge is 0.242 e. The summed E-state index contributed by atoms with van der Waals surface area (Å²) in [5.41, 5.74) is 9.07. The van der Waals surface area contributed by atoms with Gasteiger partial charge in [-0.15, -0.1) is 0 Å². The Morgan fingerprint density at radius 1 is 1.22 bits per heavy atom. The number of methoxy groups -OCH3 is 1. The van der Waals surface area contributed by atoms with Gasteiger partial charge in [-0.1, -0.05) is 11.9 Å². The fourth-order valence-electron chi connectivity index (χ4n) is 4.86. The highest BCUT2D eigenvalue weighted by Gasteiger charge is 2.23. The van der Waals surface area contributed by atoms with E-state index in [-0.39, 0.29) is 5.91 Å². The second-order valence-electron chi connectivity index (χ2n) is 9.68. The Balaban J connectivity index is 1.50. The minimum Gasteiger partial charge on any atom is -0.495 e. The molecule has 0 aromatic heterocycles. The molecule has 2 aliphatic rings. The van der Waals surface area contributed by atoms with Gasteiger partial charge in [-0.05, 0) is 50.8 Å². The van der Waals surface area contributed by atoms with Crippen molar-refractivity contribution in [3.05, 3.63) is 17.7 Å². The van der Waals surface area contributed by atoms with Crippen LogP contribution in [0.15, 0.2) is 12.1 Å². The highest BCUT2D eigenvalue weighted by molar-refractivity contribution is 7.97. The topological polar surface area (TPSA) is 103 Å². The standard InChI is InChI=1S/C26H44N6O3S/c1-20-18-23(29-22(6-4-16-33)26(34)28-2)25(35-3)19-24(20)31-14-12-30(13-15-31)9-5-17-36-32-10-7-21(27)8-11-32/h16,18-19,21-22,29H,4-15,17,27H2,1-3H3,(H,28,34). The van der Waals surface area contributed by atoms with Gasteiger partial charge in [0.1, 0.15) is 18.1 Å². The number of aldehydes is 1. The lowest BCUT2D eigenvalue weighted by Crippen LogP contribution is -2.47. The van der Waals surface area contributed by atoms with Crippen LogP contribution in [0.25, 0.3) is 0 Å². The first kappa shape index (κ1) is 28.6. The Morgan fingerprint density at radius 3 is 2.58 bits per heavy atom. The van der Waals surface area contributed by atoms with Crippen molar-refractivity contribution in [2.24, 2.45) is 5.73 Å². The average molecular weight is 521 g/mol. The molecule has 1 unspecified atom stereocenters. The third-order valence-electron chi connectivity index (χ3n) is 7.09. The van der Waals surface area contributed by atoms with Gasteiger partial charge in [0.25, 0.3) is 0 Å². The van der Waals surface area contributed by atoms with Gasteiger partial charge in [0.2, 0.25) is 5.91 Å². The number of hydrogen-bond donors (Lipinski definition) is 3. The first-order valence-electron chi connectivity index (χ1n) is 13.2. The van der Waals surface area contributed by atoms with E-state index < -0.39 is 6.04 Å². The lowest BCUT2D eigenvalue weighted by molar-refractivity contribution is -0.121. The SMILES string of the molecule is CNC(=O)C(CCC=O)Nc1cc(C)c(N2CCN(CCCSN3CCC(N)CC3)CC2)cc1OC. The normalized spacial score (nSPS) is 18.6. The van der Waals surface area contributed by atoms with Crippen LogP contribution in [0.2, 0.25) is 0 Å². The predicted molar refractivity (Wildman–Crippen MR) is 149 cm³/mol. The summed E-state index contributed by atoms with van der Waals surface area (Å²) in [4.78, 5) is 28.1. The van der Waals surface area contributed by atoms with Gasteiger partial charge in [0.05, 0.1) is 12.8 Å². The molecule has 2 aliphatic heterocycles. The highest BCUT2D eigenvalue weighted by Crippen LogP contribution is 2.34. The Hall–Kier alpha value is -2.01. The average Bonchev–Trinajstić information content (AvgIpc) is 2.90. The molecule has 1 atom stereocenters. The largest absolute Gasteiger partial charge is 0.495 e. The van der Waals surface area contributed by atoms with E-state index in [9.17, 15) is 9.59 Å². The van der Waals surface area contributed by atoms with E-state index in [1.165, 1.54) is 17.9 Å². The number of carbonyl (C=O) groups excluding carboxylic acids is 2. The molecule has 0 spiro atoms. The van der Waals surface area contributed by atoms with Crippen molar-refractivity contribution in [1.82, 2.24) is 14.5 Å². The molecule has 0 saturated carbocycles. The van der Waals surface area contributed by atoms with Gasteiger partial charge in [-0.2, -0.15) is 0 Å². The van der Waals surface area contributed by atoms with Crippen molar-refractivity contribution < 1.29 is 14.3 Å². The van der Waals surface area contributed by atoms with Crippen molar-refractivity contribution in [3.63, 3.8) is 0 Å². The quantitative estimate of drug-likeness (QED) is 0.205. The molecule has 4 N–H and O–H groups in total. The molecule has 2 heterocycles. The molecule has 0 bridgehead atoms. The molecule has 1 aromatic carbocycles. The number of benzene rings is 1. The molecule has 0 aliphatic carbocycles. The van der Waals surface area contributed by atoms with Gasteiger partial charge in [0.15, 0.2) is 0 Å². The zero-order chi connectivity index (χ0) is 25.9. The third-order valence-corrected chi connectivity index (χ3v) is 8.29. The number of anilines is 2. The second-order valence-corrected chi connectivity index (χ2v) is 10.9. The van der Waals surface area contributed by atoms with Gasteiger partial charge in [0, 0.05) is 76.3 Å². The highest BCUT2D eigenvalue weighted by atomic mass is 32.2. The number of rotatable bonds is 13. The first-order valence-corrected chi connectivity index (χ1v) is 14.1. The van der Waals surface area contributed by atoms with Crippen molar-refractivity contribution in [1.29, 1.82) is 0 Å². The van der Waals surface area contributed by atoms with Gasteiger partial charge in [-0.3, -0.25) is 14.0 Å². The van der Waals surface area contributed by atoms with Crippen molar-refractivity contribution in [3.8, 4) is 5.75 Å². The number of carbonyl (C=O) groups is 2. The summed E-state index contributed by atoms with van der Waals surface area (Å²) >= 11 is 1.98. The van der Waals surface area contributed by atoms with Gasteiger partial charge < -0.3 is 30.8 Å². The number of likely N-dealkylation sites (N-methyl/N-ethyl adjacent to an activating group) is 1. The Labute approximate surface area is 220 Å². The van der Waals surface area contributed by atoms with E-state index in [1.54, 1.807) is 14.2 Å². The first-order chi connectivity index (χ1) is 17.4. The van der Waals surface area contributed by atoms with Crippen LogP contribution in [0.3, 0.4) is 0 Å². The van der Waals surface area contributed by atoms with E-state index in [1.807, 2.05) is 18.0 Å². The molecule has 36 heavy (non-hydrogen) atoms. The molecule has 2 fully saturated rings. The number of amides is 1. The molecule has 2 saturated heterocycles. The van der Waals surface area contributed by atoms with Crippen LogP contribution in [0.5, 0.6) is 5.75 Å². The molecule has 9 nitrogen and oxygen atoms in total. The summed E-state index contributed by atoms with van der Waals surface area (Å²) in [5.74, 6) is 1.73. The predicted octanol–water partition coefficient (Wildman–Crippen LogP) is 2.09. The van der Waals surface area contributed by atoms with E-state index >= 15 is 0 Å². The molecule has 10 heteroatoms. The van der Waals surface area contributed by atoms with Crippen LogP contribution in [-0.4, -0.2) is 99.2 Å². The molecule has 0 radical (unpaired) electrons. The van der Waals surface area contributed by atoms with E-state index in [0.717, 1.165) is 76.2 Å². The van der Waals surface area contributed by atoms with Crippen LogP contribution in [0.1, 0.15) is 37.7 Å². The van der Waals surface area contributed by atoms with Crippen molar-refractivity contribution >= 4 is 35.5 Å². The van der Waals surface area contributed by atoms with Crippen LogP contribution in [-0.2, 0) is 9.59 Å². The molecule has 3 rings (SSSR count). The number of nitrogens with one attached hydrogen (secondary N) is 2. The van der Waals surface area contributed by atoms with Crippen LogP contribution in [0, 0.1) is 6.92 Å². The number of nitrogens with zero attached hydrogens (tertiary/aromatic N) is 3. The lowest BCUT2D eigenvalue weighted by atomic mass is 10.1. The second kappa shape index (κ2) is 14.7. The fourth-order valence-corrected chi connectivity index (χ4v) is 5.85. The summed E-state index contributed by atoms with van der Waals surface area (Å²) < 4.78 is 8.16. The summed E-state index contributed by atoms with van der Waals surface area (Å²) in [5, 5.41) is 5.95. The van der Waals surface area contributed by atoms with E-state index in [0.29, 0.717) is 24.6 Å². The maximum Gasteiger partial charge on any atom is 0.242 e. The molecular formula is C26H44N6O3S. The maximum atomic E-state index is 12.3. The minimum atomic E-state index is -0.492. The van der Waals surface area contributed by atoms with Crippen molar-refractivity contribution in [2.75, 3.05) is 75.9 Å². The Kier molecular flexibility index (Phi) is 11.6. The molecule has 202 valence electrons. The number of piperidine rings is 1. The van der Waals surface area contributed by atoms with Crippen LogP contribution in [0.4, 0.5) is 11.4 Å². The molecular weight excluding hydrogens is 476 g/mol. The Bertz CT molecular complexity index is 841. The monoisotopic (exact) mass is 520 g/mol. The van der Waals surface area contributed by atoms with Gasteiger partial charge in [-0.25, -0.2) is 0 Å². The number of nitrogens with two attached hydrogens (primary N) is 1. The summed E-state index contributed by atoms with van der Waals surface area (Å²) in [6.07, 6.45) is 5.03. The maximum absolute atomic E-state index is 12.3. The lowest BCUT2D eigenvalue weighted by Gasteiger charge is -2.37. The Morgan fingerprint density at radius 2 is 1.94 bits per heavy atom. The van der Waals surface area contributed by atoms with E-state index in [4.69, 9.17) is 10.5 Å². The zero-order valence-electron chi connectivity index (χ0n) is 22.1. The number of hydrogen-bond acceptors (Lipinski definition) is 9. The summed E-state index contributed by atoms with van der Waals surface area (Å²) in [6.45, 7) is 9.53.